The predicted molar refractivity (Wildman–Crippen MR) is 96.3 cm³/mol. The standard InChI is InChI=1S/C19H22BrNO2/c1-13(2)15-5-7-16(8-6-15)18(22)12-21-19(23)11-14-3-9-17(20)10-4-14/h3-10,13,18,22H,11-12H2,1-2H3,(H,21,23). The molecule has 0 bridgehead atoms. The molecule has 2 rings (SSSR count). The maximum Gasteiger partial charge on any atom is 0.224 e. The Hall–Kier alpha value is -1.65. The molecule has 0 aliphatic heterocycles. The van der Waals surface area contributed by atoms with E-state index in [1.165, 1.54) is 5.56 Å². The topological polar surface area (TPSA) is 49.3 Å². The number of amides is 1. The smallest absolute Gasteiger partial charge is 0.224 e. The van der Waals surface area contributed by atoms with Crippen molar-refractivity contribution in [2.45, 2.75) is 32.3 Å². The molecule has 0 aliphatic carbocycles. The van der Waals surface area contributed by atoms with Gasteiger partial charge in [-0.3, -0.25) is 4.79 Å². The van der Waals surface area contributed by atoms with Crippen LogP contribution >= 0.6 is 15.9 Å². The Morgan fingerprint density at radius 3 is 2.17 bits per heavy atom. The molecule has 2 aromatic carbocycles. The van der Waals surface area contributed by atoms with E-state index in [1.807, 2.05) is 48.5 Å². The van der Waals surface area contributed by atoms with Gasteiger partial charge in [-0.2, -0.15) is 0 Å². The highest BCUT2D eigenvalue weighted by atomic mass is 79.9. The Morgan fingerprint density at radius 1 is 1.04 bits per heavy atom. The normalized spacial score (nSPS) is 12.2. The predicted octanol–water partition coefficient (Wildman–Crippen LogP) is 3.96. The van der Waals surface area contributed by atoms with Gasteiger partial charge in [-0.05, 0) is 34.7 Å². The van der Waals surface area contributed by atoms with Gasteiger partial charge in [0.2, 0.25) is 5.91 Å². The fourth-order valence-electron chi connectivity index (χ4n) is 2.28. The average Bonchev–Trinajstić information content (AvgIpc) is 2.55. The first kappa shape index (κ1) is 17.7. The first-order chi connectivity index (χ1) is 11.0. The third-order valence-electron chi connectivity index (χ3n) is 3.76. The SMILES string of the molecule is CC(C)c1ccc(C(O)CNC(=O)Cc2ccc(Br)cc2)cc1. The molecule has 0 aliphatic rings. The van der Waals surface area contributed by atoms with E-state index in [1.54, 1.807) is 0 Å². The lowest BCUT2D eigenvalue weighted by Crippen LogP contribution is -2.29. The highest BCUT2D eigenvalue weighted by Gasteiger charge is 2.10. The van der Waals surface area contributed by atoms with Gasteiger partial charge in [0.25, 0.3) is 0 Å². The highest BCUT2D eigenvalue weighted by Crippen LogP contribution is 2.18. The lowest BCUT2D eigenvalue weighted by molar-refractivity contribution is -0.120. The van der Waals surface area contributed by atoms with Gasteiger partial charge in [0.15, 0.2) is 0 Å². The Labute approximate surface area is 145 Å². The zero-order chi connectivity index (χ0) is 16.8. The number of nitrogens with one attached hydrogen (secondary N) is 1. The van der Waals surface area contributed by atoms with E-state index in [0.29, 0.717) is 12.3 Å². The number of rotatable bonds is 6. The van der Waals surface area contributed by atoms with Crippen LogP contribution in [0.25, 0.3) is 0 Å². The molecule has 0 aromatic heterocycles. The minimum Gasteiger partial charge on any atom is -0.387 e. The summed E-state index contributed by atoms with van der Waals surface area (Å²) in [5.74, 6) is 0.372. The van der Waals surface area contributed by atoms with Gasteiger partial charge < -0.3 is 10.4 Å². The summed E-state index contributed by atoms with van der Waals surface area (Å²) >= 11 is 3.37. The lowest BCUT2D eigenvalue weighted by atomic mass is 10.00. The molecule has 4 heteroatoms. The number of aliphatic hydroxyl groups excluding tert-OH is 1. The van der Waals surface area contributed by atoms with E-state index < -0.39 is 6.10 Å². The van der Waals surface area contributed by atoms with Crippen molar-refractivity contribution in [3.63, 3.8) is 0 Å². The number of benzene rings is 2. The Balaban J connectivity index is 1.84. The Morgan fingerprint density at radius 2 is 1.61 bits per heavy atom. The van der Waals surface area contributed by atoms with Crippen molar-refractivity contribution in [3.05, 3.63) is 69.7 Å². The molecule has 122 valence electrons. The number of hydrogen-bond acceptors (Lipinski definition) is 2. The summed E-state index contributed by atoms with van der Waals surface area (Å²) in [6.45, 7) is 4.48. The van der Waals surface area contributed by atoms with Gasteiger partial charge in [0.05, 0.1) is 12.5 Å². The van der Waals surface area contributed by atoms with Crippen molar-refractivity contribution in [3.8, 4) is 0 Å². The highest BCUT2D eigenvalue weighted by molar-refractivity contribution is 9.10. The molecule has 0 saturated heterocycles. The minimum absolute atomic E-state index is 0.0924. The summed E-state index contributed by atoms with van der Waals surface area (Å²) < 4.78 is 0.988. The Kier molecular flexibility index (Phi) is 6.37. The van der Waals surface area contributed by atoms with Crippen LogP contribution in [-0.4, -0.2) is 17.6 Å². The van der Waals surface area contributed by atoms with Gasteiger partial charge in [0, 0.05) is 11.0 Å². The number of aliphatic hydroxyl groups is 1. The summed E-state index contributed by atoms with van der Waals surface area (Å²) in [6.07, 6.45) is -0.378. The summed E-state index contributed by atoms with van der Waals surface area (Å²) in [5.41, 5.74) is 3.00. The van der Waals surface area contributed by atoms with Crippen LogP contribution in [0, 0.1) is 0 Å². The Bertz CT molecular complexity index is 635. The van der Waals surface area contributed by atoms with E-state index >= 15 is 0 Å². The number of carbonyl (C=O) groups is 1. The molecule has 0 saturated carbocycles. The van der Waals surface area contributed by atoms with Gasteiger partial charge in [-0.15, -0.1) is 0 Å². The quantitative estimate of drug-likeness (QED) is 0.802. The van der Waals surface area contributed by atoms with Crippen molar-refractivity contribution in [1.29, 1.82) is 0 Å². The summed E-state index contributed by atoms with van der Waals surface area (Å²) in [5, 5.41) is 13.0. The van der Waals surface area contributed by atoms with Crippen LogP contribution < -0.4 is 5.32 Å². The zero-order valence-electron chi connectivity index (χ0n) is 13.4. The second-order valence-corrected chi connectivity index (χ2v) is 6.86. The van der Waals surface area contributed by atoms with Gasteiger partial charge in [-0.1, -0.05) is 66.2 Å². The van der Waals surface area contributed by atoms with Crippen molar-refractivity contribution in [1.82, 2.24) is 5.32 Å². The van der Waals surface area contributed by atoms with Crippen LogP contribution in [0.1, 0.15) is 42.6 Å². The largest absolute Gasteiger partial charge is 0.387 e. The monoisotopic (exact) mass is 375 g/mol. The molecular weight excluding hydrogens is 354 g/mol. The number of carbonyl (C=O) groups excluding carboxylic acids is 1. The molecule has 1 amide bonds. The molecule has 0 fully saturated rings. The van der Waals surface area contributed by atoms with E-state index in [-0.39, 0.29) is 12.5 Å². The minimum atomic E-state index is -0.690. The van der Waals surface area contributed by atoms with Crippen LogP contribution in [0.5, 0.6) is 0 Å². The van der Waals surface area contributed by atoms with E-state index in [0.717, 1.165) is 15.6 Å². The molecule has 0 spiro atoms. The van der Waals surface area contributed by atoms with Gasteiger partial charge >= 0.3 is 0 Å². The third kappa shape index (κ3) is 5.48. The van der Waals surface area contributed by atoms with Crippen LogP contribution in [0.2, 0.25) is 0 Å². The average molecular weight is 376 g/mol. The lowest BCUT2D eigenvalue weighted by Gasteiger charge is -2.14. The first-order valence-corrected chi connectivity index (χ1v) is 8.54. The maximum atomic E-state index is 11.9. The first-order valence-electron chi connectivity index (χ1n) is 7.74. The second-order valence-electron chi connectivity index (χ2n) is 5.94. The van der Waals surface area contributed by atoms with Crippen LogP contribution in [0.3, 0.4) is 0 Å². The molecule has 23 heavy (non-hydrogen) atoms. The summed E-state index contributed by atoms with van der Waals surface area (Å²) in [6, 6.07) is 15.5. The van der Waals surface area contributed by atoms with Crippen molar-refractivity contribution >= 4 is 21.8 Å². The van der Waals surface area contributed by atoms with Crippen molar-refractivity contribution in [2.24, 2.45) is 0 Å². The van der Waals surface area contributed by atoms with Crippen LogP contribution in [0.15, 0.2) is 53.0 Å². The molecular formula is C19H22BrNO2. The van der Waals surface area contributed by atoms with E-state index in [2.05, 4.69) is 35.1 Å². The van der Waals surface area contributed by atoms with E-state index in [9.17, 15) is 9.90 Å². The molecule has 1 atom stereocenters. The van der Waals surface area contributed by atoms with Gasteiger partial charge in [0.1, 0.15) is 0 Å². The fraction of sp³-hybridized carbons (Fsp3) is 0.316. The molecule has 3 nitrogen and oxygen atoms in total. The molecule has 2 aromatic rings. The maximum absolute atomic E-state index is 11.9. The van der Waals surface area contributed by atoms with Crippen molar-refractivity contribution in [2.75, 3.05) is 6.54 Å². The zero-order valence-corrected chi connectivity index (χ0v) is 15.0. The molecule has 1 unspecified atom stereocenters. The van der Waals surface area contributed by atoms with Crippen LogP contribution in [0.4, 0.5) is 0 Å². The van der Waals surface area contributed by atoms with Crippen LogP contribution in [-0.2, 0) is 11.2 Å². The molecule has 2 N–H and O–H groups in total. The third-order valence-corrected chi connectivity index (χ3v) is 4.29. The summed E-state index contributed by atoms with van der Waals surface area (Å²) in [4.78, 5) is 11.9. The molecule has 0 heterocycles. The van der Waals surface area contributed by atoms with Gasteiger partial charge in [-0.25, -0.2) is 0 Å². The number of halogens is 1. The summed E-state index contributed by atoms with van der Waals surface area (Å²) in [7, 11) is 0. The molecule has 0 radical (unpaired) electrons. The van der Waals surface area contributed by atoms with Crippen molar-refractivity contribution < 1.29 is 9.90 Å². The second kappa shape index (κ2) is 8.27. The fourth-order valence-corrected chi connectivity index (χ4v) is 2.55. The van der Waals surface area contributed by atoms with E-state index in [4.69, 9.17) is 0 Å². The number of hydrogen-bond donors (Lipinski definition) is 2.